The van der Waals surface area contributed by atoms with E-state index in [1.807, 2.05) is 36.7 Å². The molecule has 0 bridgehead atoms. The molecule has 2 saturated heterocycles. The number of hydrogen-bond acceptors (Lipinski definition) is 9. The van der Waals surface area contributed by atoms with E-state index >= 15 is 0 Å². The summed E-state index contributed by atoms with van der Waals surface area (Å²) in [5, 5.41) is 24.5. The van der Waals surface area contributed by atoms with Gasteiger partial charge in [-0.05, 0) is 116 Å². The Bertz CT molecular complexity index is 2250. The number of nitrogens with zero attached hydrogens (tertiary/aromatic N) is 6. The zero-order valence-corrected chi connectivity index (χ0v) is 28.6. The fraction of sp³-hybridized carbons (Fsp3) is 0.317. The summed E-state index contributed by atoms with van der Waals surface area (Å²) in [6, 6.07) is 23.0. The number of benzene rings is 3. The number of nitriles is 1. The van der Waals surface area contributed by atoms with Crippen LogP contribution in [0.3, 0.4) is 0 Å². The van der Waals surface area contributed by atoms with Crippen molar-refractivity contribution in [1.82, 2.24) is 24.8 Å². The van der Waals surface area contributed by atoms with Crippen molar-refractivity contribution < 1.29 is 9.52 Å². The lowest BCUT2D eigenvalue weighted by Gasteiger charge is -2.26. The van der Waals surface area contributed by atoms with Gasteiger partial charge in [0.25, 0.3) is 0 Å². The Balaban J connectivity index is 1.08. The molecule has 1 atom stereocenters. The first-order valence-corrected chi connectivity index (χ1v) is 17.6. The molecular formula is C41H41N7O2. The third-order valence-corrected chi connectivity index (χ3v) is 10.3. The first-order valence-electron chi connectivity index (χ1n) is 17.6. The van der Waals surface area contributed by atoms with Crippen LogP contribution in [0, 0.1) is 25.2 Å². The van der Waals surface area contributed by atoms with Crippen molar-refractivity contribution in [2.24, 2.45) is 0 Å². The molecule has 0 unspecified atom stereocenters. The van der Waals surface area contributed by atoms with Crippen LogP contribution in [-0.2, 0) is 13.1 Å². The second kappa shape index (κ2) is 13.6. The predicted molar refractivity (Wildman–Crippen MR) is 197 cm³/mol. The standard InChI is InChI=1S/C41H41N7O2/c1-26-33(8-6-10-35(26)41-46-37-20-28(18-31(21-42)39(37)50-41)23-47-15-4-3-5-16-47)34-9-7-11-36(27(34)2)45-40-38-30(12-14-43-40)19-29(22-44-38)24-48-17-13-32(49)25-48/h6-12,14,18-20,22,32,49H,3-5,13,15-17,23-25H2,1-2H3,(H,43,45)/t32-/m0/s1. The van der Waals surface area contributed by atoms with E-state index in [1.54, 1.807) is 0 Å². The SMILES string of the molecule is Cc1c(Nc2nccc3cc(CN4CC[C@H](O)C4)cnc23)cccc1-c1cccc(-c2nc3cc(CN4CCCCC4)cc(C#N)c3o2)c1C. The summed E-state index contributed by atoms with van der Waals surface area (Å²) in [4.78, 5) is 19.1. The van der Waals surface area contributed by atoms with Gasteiger partial charge in [0.2, 0.25) is 5.89 Å². The number of rotatable bonds is 8. The molecule has 2 fully saturated rings. The van der Waals surface area contributed by atoms with E-state index in [0.29, 0.717) is 29.4 Å². The molecule has 0 radical (unpaired) electrons. The van der Waals surface area contributed by atoms with Crippen molar-refractivity contribution >= 4 is 33.5 Å². The smallest absolute Gasteiger partial charge is 0.227 e. The van der Waals surface area contributed by atoms with Gasteiger partial charge >= 0.3 is 0 Å². The van der Waals surface area contributed by atoms with E-state index in [1.165, 1.54) is 19.3 Å². The zero-order valence-electron chi connectivity index (χ0n) is 28.6. The van der Waals surface area contributed by atoms with Crippen LogP contribution in [0.4, 0.5) is 11.5 Å². The number of aliphatic hydroxyl groups is 1. The number of piperidine rings is 1. The quantitative estimate of drug-likeness (QED) is 0.168. The van der Waals surface area contributed by atoms with Gasteiger partial charge in [-0.25, -0.2) is 9.97 Å². The van der Waals surface area contributed by atoms with Crippen molar-refractivity contribution in [3.63, 3.8) is 0 Å². The molecule has 0 spiro atoms. The topological polar surface area (TPSA) is 114 Å². The molecule has 8 rings (SSSR count). The van der Waals surface area contributed by atoms with Gasteiger partial charge in [0.15, 0.2) is 11.4 Å². The largest absolute Gasteiger partial charge is 0.435 e. The Labute approximate surface area is 292 Å². The number of β-amino-alcohol motifs (C(OH)–C–C–N with tert-alkyl or cyclic N) is 1. The first kappa shape index (κ1) is 32.1. The highest BCUT2D eigenvalue weighted by molar-refractivity contribution is 5.91. The number of likely N-dealkylation sites (tertiary alicyclic amines) is 2. The maximum atomic E-state index is 10.0. The number of fused-ring (bicyclic) bond motifs is 2. The fourth-order valence-corrected chi connectivity index (χ4v) is 7.60. The number of anilines is 2. The Kier molecular flexibility index (Phi) is 8.75. The Morgan fingerprint density at radius 1 is 0.880 bits per heavy atom. The van der Waals surface area contributed by atoms with Crippen LogP contribution >= 0.6 is 0 Å². The molecule has 252 valence electrons. The summed E-state index contributed by atoms with van der Waals surface area (Å²) in [7, 11) is 0. The lowest BCUT2D eigenvalue weighted by atomic mass is 9.93. The van der Waals surface area contributed by atoms with Crippen LogP contribution in [0.25, 0.3) is 44.6 Å². The maximum Gasteiger partial charge on any atom is 0.227 e. The fourth-order valence-electron chi connectivity index (χ4n) is 7.60. The minimum absolute atomic E-state index is 0.240. The molecule has 0 amide bonds. The van der Waals surface area contributed by atoms with Crippen molar-refractivity contribution in [2.45, 2.75) is 58.7 Å². The van der Waals surface area contributed by atoms with E-state index in [-0.39, 0.29) is 6.10 Å². The van der Waals surface area contributed by atoms with Gasteiger partial charge in [-0.3, -0.25) is 14.8 Å². The minimum Gasteiger partial charge on any atom is -0.435 e. The normalized spacial score (nSPS) is 17.0. The lowest BCUT2D eigenvalue weighted by Crippen LogP contribution is -2.29. The van der Waals surface area contributed by atoms with Crippen molar-refractivity contribution in [3.05, 3.63) is 101 Å². The molecule has 3 aromatic carbocycles. The summed E-state index contributed by atoms with van der Waals surface area (Å²) >= 11 is 0. The summed E-state index contributed by atoms with van der Waals surface area (Å²) in [6.45, 7) is 9.60. The van der Waals surface area contributed by atoms with E-state index in [0.717, 1.165) is 100 Å². The third-order valence-electron chi connectivity index (χ3n) is 10.3. The van der Waals surface area contributed by atoms with Crippen molar-refractivity contribution in [3.8, 4) is 28.7 Å². The van der Waals surface area contributed by atoms with Gasteiger partial charge in [0.1, 0.15) is 17.1 Å². The number of aromatic nitrogens is 3. The molecule has 2 N–H and O–H groups in total. The van der Waals surface area contributed by atoms with E-state index in [4.69, 9.17) is 14.4 Å². The molecule has 6 aromatic rings. The highest BCUT2D eigenvalue weighted by atomic mass is 16.3. The maximum absolute atomic E-state index is 10.0. The van der Waals surface area contributed by atoms with Crippen LogP contribution in [-0.4, -0.2) is 62.1 Å². The molecule has 9 heteroatoms. The molecule has 3 aromatic heterocycles. The molecule has 9 nitrogen and oxygen atoms in total. The van der Waals surface area contributed by atoms with Gasteiger partial charge in [0, 0.05) is 55.2 Å². The van der Waals surface area contributed by atoms with E-state index in [2.05, 4.69) is 76.4 Å². The van der Waals surface area contributed by atoms with Crippen LogP contribution < -0.4 is 5.32 Å². The Hall–Kier alpha value is -5.14. The molecular weight excluding hydrogens is 622 g/mol. The summed E-state index contributed by atoms with van der Waals surface area (Å²) < 4.78 is 6.33. The zero-order chi connectivity index (χ0) is 34.2. The highest BCUT2D eigenvalue weighted by Gasteiger charge is 2.21. The molecule has 50 heavy (non-hydrogen) atoms. The number of nitrogens with one attached hydrogen (secondary N) is 1. The highest BCUT2D eigenvalue weighted by Crippen LogP contribution is 2.38. The van der Waals surface area contributed by atoms with Crippen LogP contribution in [0.15, 0.2) is 77.5 Å². The summed E-state index contributed by atoms with van der Waals surface area (Å²) in [5.74, 6) is 1.22. The molecule has 5 heterocycles. The van der Waals surface area contributed by atoms with Crippen LogP contribution in [0.2, 0.25) is 0 Å². The van der Waals surface area contributed by atoms with Gasteiger partial charge in [0.05, 0.1) is 11.7 Å². The van der Waals surface area contributed by atoms with Crippen molar-refractivity contribution in [1.29, 1.82) is 5.26 Å². The van der Waals surface area contributed by atoms with Gasteiger partial charge in [-0.15, -0.1) is 0 Å². The van der Waals surface area contributed by atoms with E-state index in [9.17, 15) is 10.4 Å². The van der Waals surface area contributed by atoms with Crippen LogP contribution in [0.5, 0.6) is 0 Å². The number of oxazole rings is 1. The number of aliphatic hydroxyl groups excluding tert-OH is 1. The average molecular weight is 664 g/mol. The minimum atomic E-state index is -0.240. The predicted octanol–water partition coefficient (Wildman–Crippen LogP) is 7.89. The molecule has 0 aliphatic carbocycles. The van der Waals surface area contributed by atoms with Gasteiger partial charge < -0.3 is 14.8 Å². The van der Waals surface area contributed by atoms with E-state index < -0.39 is 0 Å². The second-order valence-corrected chi connectivity index (χ2v) is 13.8. The Morgan fingerprint density at radius 2 is 1.66 bits per heavy atom. The van der Waals surface area contributed by atoms with Crippen LogP contribution in [0.1, 0.15) is 53.5 Å². The number of pyridine rings is 2. The monoisotopic (exact) mass is 663 g/mol. The summed E-state index contributed by atoms with van der Waals surface area (Å²) in [6.07, 6.45) is 8.05. The Morgan fingerprint density at radius 3 is 2.46 bits per heavy atom. The molecule has 0 saturated carbocycles. The average Bonchev–Trinajstić information content (AvgIpc) is 3.75. The van der Waals surface area contributed by atoms with Crippen molar-refractivity contribution in [2.75, 3.05) is 31.5 Å². The number of hydrogen-bond donors (Lipinski definition) is 2. The third kappa shape index (κ3) is 6.34. The molecule has 2 aliphatic heterocycles. The lowest BCUT2D eigenvalue weighted by molar-refractivity contribution is 0.175. The molecule has 2 aliphatic rings. The van der Waals surface area contributed by atoms with Gasteiger partial charge in [-0.1, -0.05) is 30.7 Å². The van der Waals surface area contributed by atoms with Gasteiger partial charge in [-0.2, -0.15) is 5.26 Å². The second-order valence-electron chi connectivity index (χ2n) is 13.8. The first-order chi connectivity index (χ1) is 24.4. The summed E-state index contributed by atoms with van der Waals surface area (Å²) in [5.41, 5.74) is 11.0.